The molecule has 1 unspecified atom stereocenters. The number of benzene rings is 2. The Morgan fingerprint density at radius 3 is 2.33 bits per heavy atom. The van der Waals surface area contributed by atoms with Gasteiger partial charge in [-0.15, -0.1) is 0 Å². The van der Waals surface area contributed by atoms with E-state index in [0.717, 1.165) is 16.1 Å². The number of nitrogens with zero attached hydrogens (tertiary/aromatic N) is 1. The normalized spacial score (nSPS) is 12.3. The zero-order chi connectivity index (χ0) is 20.2. The summed E-state index contributed by atoms with van der Waals surface area (Å²) in [4.78, 5) is 12.6. The van der Waals surface area contributed by atoms with Gasteiger partial charge in [0.2, 0.25) is 15.9 Å². The maximum Gasteiger partial charge on any atom is 0.243 e. The van der Waals surface area contributed by atoms with E-state index in [1.807, 2.05) is 18.2 Å². The second-order valence-corrected chi connectivity index (χ2v) is 8.62. The monoisotopic (exact) mass is 430 g/mol. The Morgan fingerprint density at radius 1 is 1.19 bits per heavy atom. The average molecular weight is 431 g/mol. The lowest BCUT2D eigenvalue weighted by Crippen LogP contribution is -2.47. The minimum absolute atomic E-state index is 0.196. The smallest absolute Gasteiger partial charge is 0.243 e. The number of rotatable bonds is 7. The number of anilines is 1. The molecule has 0 saturated carbocycles. The van der Waals surface area contributed by atoms with E-state index >= 15 is 0 Å². The number of hydrogen-bond donors (Lipinski definition) is 1. The topological polar surface area (TPSA) is 75.7 Å². The number of carbonyl (C=O) groups is 1. The van der Waals surface area contributed by atoms with Crippen molar-refractivity contribution in [3.05, 3.63) is 58.1 Å². The zero-order valence-electron chi connectivity index (χ0n) is 15.1. The highest BCUT2D eigenvalue weighted by molar-refractivity contribution is 7.92. The van der Waals surface area contributed by atoms with Crippen LogP contribution in [0.4, 0.5) is 5.69 Å². The number of ether oxygens (including phenoxy) is 1. The van der Waals surface area contributed by atoms with Crippen molar-refractivity contribution in [2.45, 2.75) is 19.5 Å². The fourth-order valence-electron chi connectivity index (χ4n) is 2.65. The van der Waals surface area contributed by atoms with Crippen LogP contribution in [0.5, 0.6) is 5.75 Å². The molecule has 0 bridgehead atoms. The van der Waals surface area contributed by atoms with Crippen LogP contribution in [0.25, 0.3) is 0 Å². The molecule has 146 valence electrons. The third-order valence-electron chi connectivity index (χ3n) is 3.84. The quantitative estimate of drug-likeness (QED) is 0.729. The molecule has 0 spiro atoms. The van der Waals surface area contributed by atoms with Gasteiger partial charge in [0.1, 0.15) is 11.8 Å². The van der Waals surface area contributed by atoms with Gasteiger partial charge in [-0.1, -0.05) is 41.4 Å². The highest BCUT2D eigenvalue weighted by atomic mass is 35.5. The van der Waals surface area contributed by atoms with Gasteiger partial charge in [-0.3, -0.25) is 9.10 Å². The molecule has 2 aromatic carbocycles. The van der Waals surface area contributed by atoms with Crippen molar-refractivity contribution in [1.82, 2.24) is 5.32 Å². The number of amides is 1. The van der Waals surface area contributed by atoms with E-state index in [1.54, 1.807) is 6.07 Å². The first-order valence-corrected chi connectivity index (χ1v) is 10.6. The Kier molecular flexibility index (Phi) is 6.97. The molecule has 0 saturated heterocycles. The Balaban J connectivity index is 2.25. The summed E-state index contributed by atoms with van der Waals surface area (Å²) in [7, 11) is -2.22. The Morgan fingerprint density at radius 2 is 1.78 bits per heavy atom. The van der Waals surface area contributed by atoms with E-state index in [9.17, 15) is 13.2 Å². The van der Waals surface area contributed by atoms with Gasteiger partial charge in [0, 0.05) is 22.2 Å². The standard InChI is InChI=1S/C18H20Cl2N2O4S/c1-12(18(23)21-11-13-6-4-5-7-17(13)26-2)22(27(3,24)25)16-9-14(19)8-15(20)10-16/h4-10,12H,11H2,1-3H3,(H,21,23). The average Bonchev–Trinajstić information content (AvgIpc) is 2.57. The number of carbonyl (C=O) groups excluding carboxylic acids is 1. The molecular weight excluding hydrogens is 411 g/mol. The molecule has 0 heterocycles. The number of methoxy groups -OCH3 is 1. The van der Waals surface area contributed by atoms with E-state index in [2.05, 4.69) is 5.32 Å². The van der Waals surface area contributed by atoms with Crippen molar-refractivity contribution < 1.29 is 17.9 Å². The van der Waals surface area contributed by atoms with Crippen LogP contribution in [0.3, 0.4) is 0 Å². The minimum atomic E-state index is -3.76. The summed E-state index contributed by atoms with van der Waals surface area (Å²) in [6, 6.07) is 10.6. The van der Waals surface area contributed by atoms with Gasteiger partial charge >= 0.3 is 0 Å². The molecule has 0 aliphatic rings. The molecule has 1 atom stereocenters. The molecule has 2 aromatic rings. The van der Waals surface area contributed by atoms with E-state index < -0.39 is 22.0 Å². The van der Waals surface area contributed by atoms with Crippen LogP contribution in [0, 0.1) is 0 Å². The van der Waals surface area contributed by atoms with E-state index in [4.69, 9.17) is 27.9 Å². The molecule has 0 radical (unpaired) electrons. The van der Waals surface area contributed by atoms with Crippen LogP contribution < -0.4 is 14.4 Å². The molecule has 1 N–H and O–H groups in total. The highest BCUT2D eigenvalue weighted by Gasteiger charge is 2.29. The van der Waals surface area contributed by atoms with Crippen molar-refractivity contribution in [3.8, 4) is 5.75 Å². The Labute approximate surface area is 169 Å². The molecule has 0 aliphatic carbocycles. The van der Waals surface area contributed by atoms with Crippen LogP contribution in [-0.2, 0) is 21.4 Å². The van der Waals surface area contributed by atoms with Crippen LogP contribution in [0.1, 0.15) is 12.5 Å². The van der Waals surface area contributed by atoms with Crippen molar-refractivity contribution in [3.63, 3.8) is 0 Å². The number of nitrogens with one attached hydrogen (secondary N) is 1. The van der Waals surface area contributed by atoms with Crippen LogP contribution in [0.15, 0.2) is 42.5 Å². The van der Waals surface area contributed by atoms with E-state index in [0.29, 0.717) is 5.75 Å². The fraction of sp³-hybridized carbons (Fsp3) is 0.278. The zero-order valence-corrected chi connectivity index (χ0v) is 17.4. The van der Waals surface area contributed by atoms with E-state index in [1.165, 1.54) is 32.2 Å². The van der Waals surface area contributed by atoms with Gasteiger partial charge in [0.25, 0.3) is 0 Å². The van der Waals surface area contributed by atoms with E-state index in [-0.39, 0.29) is 22.3 Å². The number of hydrogen-bond acceptors (Lipinski definition) is 4. The summed E-state index contributed by atoms with van der Waals surface area (Å²) in [6.07, 6.45) is 1.02. The minimum Gasteiger partial charge on any atom is -0.496 e. The molecule has 0 aromatic heterocycles. The van der Waals surface area contributed by atoms with Crippen molar-refractivity contribution in [2.75, 3.05) is 17.7 Å². The number of para-hydroxylation sites is 1. The summed E-state index contributed by atoms with van der Waals surface area (Å²) >= 11 is 12.0. The first-order chi connectivity index (χ1) is 12.6. The SMILES string of the molecule is COc1ccccc1CNC(=O)C(C)N(c1cc(Cl)cc(Cl)c1)S(C)(=O)=O. The predicted molar refractivity (Wildman–Crippen MR) is 108 cm³/mol. The largest absolute Gasteiger partial charge is 0.496 e. The van der Waals surface area contributed by atoms with Gasteiger partial charge < -0.3 is 10.1 Å². The molecule has 1 amide bonds. The second kappa shape index (κ2) is 8.82. The third kappa shape index (κ3) is 5.51. The summed E-state index contributed by atoms with van der Waals surface area (Å²) in [5.41, 5.74) is 0.993. The molecular formula is C18H20Cl2N2O4S. The Bertz CT molecular complexity index is 914. The molecule has 9 heteroatoms. The lowest BCUT2D eigenvalue weighted by atomic mass is 10.2. The van der Waals surface area contributed by atoms with Gasteiger partial charge in [-0.2, -0.15) is 0 Å². The molecule has 6 nitrogen and oxygen atoms in total. The summed E-state index contributed by atoms with van der Waals surface area (Å²) in [5, 5.41) is 3.28. The summed E-state index contributed by atoms with van der Waals surface area (Å²) in [6.45, 7) is 1.69. The van der Waals surface area contributed by atoms with Gasteiger partial charge in [-0.05, 0) is 31.2 Å². The first kappa shape index (κ1) is 21.3. The van der Waals surface area contributed by atoms with Crippen LogP contribution in [0.2, 0.25) is 10.0 Å². The van der Waals surface area contributed by atoms with Gasteiger partial charge in [0.15, 0.2) is 0 Å². The summed E-state index contributed by atoms with van der Waals surface area (Å²) < 4.78 is 30.9. The first-order valence-electron chi connectivity index (χ1n) is 7.98. The maximum atomic E-state index is 12.6. The summed E-state index contributed by atoms with van der Waals surface area (Å²) in [5.74, 6) is 0.162. The lowest BCUT2D eigenvalue weighted by Gasteiger charge is -2.28. The second-order valence-electron chi connectivity index (χ2n) is 5.89. The predicted octanol–water partition coefficient (Wildman–Crippen LogP) is 3.47. The Hall–Kier alpha value is -1.96. The van der Waals surface area contributed by atoms with Crippen molar-refractivity contribution in [2.24, 2.45) is 0 Å². The third-order valence-corrected chi connectivity index (χ3v) is 5.51. The molecule has 2 rings (SSSR count). The van der Waals surface area contributed by atoms with Gasteiger partial charge in [0.05, 0.1) is 19.1 Å². The van der Waals surface area contributed by atoms with Crippen molar-refractivity contribution in [1.29, 1.82) is 0 Å². The molecule has 0 aliphatic heterocycles. The van der Waals surface area contributed by atoms with Gasteiger partial charge in [-0.25, -0.2) is 8.42 Å². The maximum absolute atomic E-state index is 12.6. The van der Waals surface area contributed by atoms with Crippen LogP contribution >= 0.6 is 23.2 Å². The number of halogens is 2. The van der Waals surface area contributed by atoms with Crippen LogP contribution in [-0.4, -0.2) is 33.7 Å². The molecule has 0 fully saturated rings. The fourth-order valence-corrected chi connectivity index (χ4v) is 4.33. The van der Waals surface area contributed by atoms with Crippen molar-refractivity contribution >= 4 is 44.8 Å². The lowest BCUT2D eigenvalue weighted by molar-refractivity contribution is -0.122. The number of sulfonamides is 1. The highest BCUT2D eigenvalue weighted by Crippen LogP contribution is 2.28. The molecule has 27 heavy (non-hydrogen) atoms.